The molecular formula is C14H28O2. The first kappa shape index (κ1) is 14.0. The van der Waals surface area contributed by atoms with Crippen molar-refractivity contribution < 1.29 is 9.84 Å². The van der Waals surface area contributed by atoms with Crippen molar-refractivity contribution in [2.45, 2.75) is 83.3 Å². The second-order valence-electron chi connectivity index (χ2n) is 4.99. The van der Waals surface area contributed by atoms with E-state index in [0.29, 0.717) is 18.8 Å². The first-order chi connectivity index (χ1) is 7.88. The molecule has 1 rings (SSSR count). The minimum atomic E-state index is 0.359. The van der Waals surface area contributed by atoms with Crippen molar-refractivity contribution in [2.24, 2.45) is 0 Å². The summed E-state index contributed by atoms with van der Waals surface area (Å²) in [7, 11) is 0. The van der Waals surface area contributed by atoms with Gasteiger partial charge in [0.2, 0.25) is 0 Å². The van der Waals surface area contributed by atoms with E-state index in [1.54, 1.807) is 0 Å². The quantitative estimate of drug-likeness (QED) is 0.432. The zero-order chi connectivity index (χ0) is 11.6. The van der Waals surface area contributed by atoms with Crippen molar-refractivity contribution in [3.05, 3.63) is 0 Å². The Bertz CT molecular complexity index is 159. The van der Waals surface area contributed by atoms with Crippen LogP contribution in [-0.4, -0.2) is 23.9 Å². The summed E-state index contributed by atoms with van der Waals surface area (Å²) in [4.78, 5) is 0. The van der Waals surface area contributed by atoms with Gasteiger partial charge in [0.25, 0.3) is 0 Å². The van der Waals surface area contributed by atoms with Crippen LogP contribution in [0.2, 0.25) is 0 Å². The summed E-state index contributed by atoms with van der Waals surface area (Å²) < 4.78 is 5.59. The van der Waals surface area contributed by atoms with Gasteiger partial charge in [-0.15, -0.1) is 0 Å². The van der Waals surface area contributed by atoms with E-state index < -0.39 is 0 Å². The zero-order valence-electron chi connectivity index (χ0n) is 10.8. The maximum Gasteiger partial charge on any atom is 0.0841 e. The minimum Gasteiger partial charge on any atom is -0.396 e. The number of epoxide rings is 1. The van der Waals surface area contributed by atoms with Gasteiger partial charge >= 0.3 is 0 Å². The monoisotopic (exact) mass is 228 g/mol. The lowest BCUT2D eigenvalue weighted by molar-refractivity contribution is 0.282. The van der Waals surface area contributed by atoms with E-state index in [4.69, 9.17) is 9.84 Å². The molecule has 96 valence electrons. The fourth-order valence-electron chi connectivity index (χ4n) is 2.31. The summed E-state index contributed by atoms with van der Waals surface area (Å²) in [6.07, 6.45) is 13.9. The normalized spacial score (nSPS) is 23.6. The molecule has 2 heteroatoms. The Morgan fingerprint density at radius 2 is 1.38 bits per heavy atom. The third-order valence-corrected chi connectivity index (χ3v) is 3.41. The molecule has 0 amide bonds. The van der Waals surface area contributed by atoms with E-state index in [1.807, 2.05) is 0 Å². The lowest BCUT2D eigenvalue weighted by atomic mass is 10.1. The Morgan fingerprint density at radius 1 is 0.812 bits per heavy atom. The molecule has 1 N–H and O–H groups in total. The second-order valence-corrected chi connectivity index (χ2v) is 4.99. The molecule has 0 aromatic rings. The van der Waals surface area contributed by atoms with Gasteiger partial charge in [-0.2, -0.15) is 0 Å². The fraction of sp³-hybridized carbons (Fsp3) is 1.00. The Labute approximate surface area is 100 Å². The van der Waals surface area contributed by atoms with Crippen LogP contribution < -0.4 is 0 Å². The number of rotatable bonds is 11. The highest BCUT2D eigenvalue weighted by Gasteiger charge is 2.36. The maximum absolute atomic E-state index is 8.63. The summed E-state index contributed by atoms with van der Waals surface area (Å²) in [6.45, 7) is 2.59. The number of hydrogen-bond acceptors (Lipinski definition) is 2. The van der Waals surface area contributed by atoms with E-state index in [0.717, 1.165) is 6.42 Å². The molecule has 0 aromatic heterocycles. The van der Waals surface area contributed by atoms with Crippen LogP contribution >= 0.6 is 0 Å². The van der Waals surface area contributed by atoms with Crippen LogP contribution in [0.15, 0.2) is 0 Å². The Kier molecular flexibility index (Phi) is 7.87. The second kappa shape index (κ2) is 9.00. The molecule has 2 nitrogen and oxygen atoms in total. The molecule has 2 atom stereocenters. The van der Waals surface area contributed by atoms with Crippen molar-refractivity contribution in [1.29, 1.82) is 0 Å². The van der Waals surface area contributed by atoms with Crippen LogP contribution in [-0.2, 0) is 4.74 Å². The zero-order valence-corrected chi connectivity index (χ0v) is 10.8. The summed E-state index contributed by atoms with van der Waals surface area (Å²) in [5.74, 6) is 0. The molecule has 1 aliphatic heterocycles. The van der Waals surface area contributed by atoms with Gasteiger partial charge in [0.1, 0.15) is 0 Å². The summed E-state index contributed by atoms with van der Waals surface area (Å²) in [5.41, 5.74) is 0. The summed E-state index contributed by atoms with van der Waals surface area (Å²) >= 11 is 0. The Balaban J connectivity index is 1.73. The molecule has 0 saturated carbocycles. The highest BCUT2D eigenvalue weighted by Crippen LogP contribution is 2.30. The van der Waals surface area contributed by atoms with Crippen molar-refractivity contribution in [3.8, 4) is 0 Å². The third kappa shape index (κ3) is 6.49. The van der Waals surface area contributed by atoms with Crippen LogP contribution in [0.5, 0.6) is 0 Å². The van der Waals surface area contributed by atoms with Gasteiger partial charge in [0.05, 0.1) is 12.2 Å². The molecule has 2 unspecified atom stereocenters. The maximum atomic E-state index is 8.63. The topological polar surface area (TPSA) is 32.8 Å². The predicted molar refractivity (Wildman–Crippen MR) is 67.6 cm³/mol. The fourth-order valence-corrected chi connectivity index (χ4v) is 2.31. The molecule has 0 aromatic carbocycles. The van der Waals surface area contributed by atoms with Gasteiger partial charge in [-0.1, -0.05) is 51.9 Å². The lowest BCUT2D eigenvalue weighted by Crippen LogP contribution is -1.93. The van der Waals surface area contributed by atoms with Gasteiger partial charge in [0, 0.05) is 6.61 Å². The third-order valence-electron chi connectivity index (χ3n) is 3.41. The number of unbranched alkanes of at least 4 members (excludes halogenated alkanes) is 6. The average Bonchev–Trinajstić information content (AvgIpc) is 3.01. The minimum absolute atomic E-state index is 0.359. The molecule has 1 heterocycles. The number of hydrogen-bond donors (Lipinski definition) is 1. The van der Waals surface area contributed by atoms with Gasteiger partial charge in [-0.05, 0) is 19.3 Å². The van der Waals surface area contributed by atoms with Gasteiger partial charge in [0.15, 0.2) is 0 Å². The van der Waals surface area contributed by atoms with Crippen LogP contribution in [0.25, 0.3) is 0 Å². The van der Waals surface area contributed by atoms with Crippen LogP contribution in [0.4, 0.5) is 0 Å². The first-order valence-corrected chi connectivity index (χ1v) is 7.14. The molecule has 1 aliphatic rings. The SMILES string of the molecule is CCCC1OC1CCCCCCCCCO. The highest BCUT2D eigenvalue weighted by molar-refractivity contribution is 4.83. The number of aliphatic hydroxyl groups is 1. The van der Waals surface area contributed by atoms with Crippen molar-refractivity contribution in [3.63, 3.8) is 0 Å². The van der Waals surface area contributed by atoms with E-state index in [-0.39, 0.29) is 0 Å². The largest absolute Gasteiger partial charge is 0.396 e. The average molecular weight is 228 g/mol. The lowest BCUT2D eigenvalue weighted by Gasteiger charge is -2.00. The molecule has 1 saturated heterocycles. The van der Waals surface area contributed by atoms with Crippen LogP contribution in [0.3, 0.4) is 0 Å². The number of aliphatic hydroxyl groups excluding tert-OH is 1. The molecule has 0 bridgehead atoms. The van der Waals surface area contributed by atoms with Gasteiger partial charge in [-0.3, -0.25) is 0 Å². The van der Waals surface area contributed by atoms with E-state index in [1.165, 1.54) is 57.8 Å². The molecule has 16 heavy (non-hydrogen) atoms. The molecule has 0 aliphatic carbocycles. The van der Waals surface area contributed by atoms with Crippen molar-refractivity contribution in [2.75, 3.05) is 6.61 Å². The summed E-state index contributed by atoms with van der Waals surface area (Å²) in [5, 5.41) is 8.63. The Morgan fingerprint density at radius 3 is 2.00 bits per heavy atom. The standard InChI is InChI=1S/C14H28O2/c1-2-10-13-14(16-13)11-8-6-4-3-5-7-9-12-15/h13-15H,2-12H2,1H3. The van der Waals surface area contributed by atoms with E-state index >= 15 is 0 Å². The van der Waals surface area contributed by atoms with Crippen molar-refractivity contribution >= 4 is 0 Å². The molecule has 1 fully saturated rings. The molecule has 0 radical (unpaired) electrons. The molecular weight excluding hydrogens is 200 g/mol. The smallest absolute Gasteiger partial charge is 0.0841 e. The van der Waals surface area contributed by atoms with Crippen LogP contribution in [0, 0.1) is 0 Å². The molecule has 0 spiro atoms. The van der Waals surface area contributed by atoms with Gasteiger partial charge < -0.3 is 9.84 Å². The summed E-state index contributed by atoms with van der Waals surface area (Å²) in [6, 6.07) is 0. The van der Waals surface area contributed by atoms with Gasteiger partial charge in [-0.25, -0.2) is 0 Å². The van der Waals surface area contributed by atoms with E-state index in [2.05, 4.69) is 6.92 Å². The Hall–Kier alpha value is -0.0800. The van der Waals surface area contributed by atoms with E-state index in [9.17, 15) is 0 Å². The predicted octanol–water partition coefficient (Wildman–Crippen LogP) is 3.67. The first-order valence-electron chi connectivity index (χ1n) is 7.14. The number of ether oxygens (including phenoxy) is 1. The van der Waals surface area contributed by atoms with Crippen molar-refractivity contribution in [1.82, 2.24) is 0 Å². The van der Waals surface area contributed by atoms with Crippen LogP contribution in [0.1, 0.15) is 71.1 Å². The highest BCUT2D eigenvalue weighted by atomic mass is 16.6.